The van der Waals surface area contributed by atoms with Crippen molar-refractivity contribution in [2.75, 3.05) is 50.1 Å². The molecule has 3 aliphatic heterocycles. The van der Waals surface area contributed by atoms with Crippen molar-refractivity contribution in [1.29, 1.82) is 0 Å². The smallest absolute Gasteiger partial charge is 0.212 e. The van der Waals surface area contributed by atoms with Crippen molar-refractivity contribution in [3.05, 3.63) is 87.4 Å². The van der Waals surface area contributed by atoms with E-state index < -0.39 is 5.72 Å². The second-order valence-electron chi connectivity index (χ2n) is 13.4. The summed E-state index contributed by atoms with van der Waals surface area (Å²) in [6, 6.07) is 19.4. The zero-order chi connectivity index (χ0) is 29.5. The topological polar surface area (TPSA) is 15.7 Å². The molecule has 0 aliphatic carbocycles. The van der Waals surface area contributed by atoms with Crippen molar-refractivity contribution < 1.29 is 4.74 Å². The molecule has 6 heteroatoms. The molecule has 0 aromatic heterocycles. The monoisotopic (exact) mass is 590 g/mol. The largest absolute Gasteiger partial charge is 0.463 e. The van der Waals surface area contributed by atoms with Crippen LogP contribution in [0.5, 0.6) is 5.75 Å². The molecule has 1 spiro atoms. The van der Waals surface area contributed by atoms with E-state index in [-0.39, 0.29) is 10.8 Å². The van der Waals surface area contributed by atoms with Crippen molar-refractivity contribution in [2.24, 2.45) is 0 Å². The highest BCUT2D eigenvalue weighted by molar-refractivity contribution is 6.31. The molecule has 0 amide bonds. The Morgan fingerprint density at radius 3 is 2.24 bits per heavy atom. The van der Waals surface area contributed by atoms with Gasteiger partial charge in [0.1, 0.15) is 18.0 Å². The Morgan fingerprint density at radius 2 is 1.56 bits per heavy atom. The van der Waals surface area contributed by atoms with Crippen molar-refractivity contribution >= 4 is 45.8 Å². The molecule has 0 bridgehead atoms. The highest BCUT2D eigenvalue weighted by Crippen LogP contribution is 2.57. The van der Waals surface area contributed by atoms with Gasteiger partial charge in [-0.1, -0.05) is 37.0 Å². The van der Waals surface area contributed by atoms with Crippen LogP contribution >= 0.6 is 23.2 Å². The van der Waals surface area contributed by atoms with Gasteiger partial charge in [0, 0.05) is 75.8 Å². The van der Waals surface area contributed by atoms with Gasteiger partial charge < -0.3 is 14.5 Å². The second kappa shape index (κ2) is 9.42. The first-order valence-corrected chi connectivity index (χ1v) is 15.5. The van der Waals surface area contributed by atoms with Crippen LogP contribution < -0.4 is 19.0 Å². The van der Waals surface area contributed by atoms with E-state index in [1.165, 1.54) is 33.6 Å². The Labute approximate surface area is 255 Å². The first-order chi connectivity index (χ1) is 19.3. The van der Waals surface area contributed by atoms with Crippen LogP contribution in [0.15, 0.2) is 60.7 Å². The number of likely N-dealkylation sites (N-methyl/N-ethyl adjacent to an activating group) is 2. The summed E-state index contributed by atoms with van der Waals surface area (Å²) in [5, 5.41) is 1.55. The molecule has 6 rings (SSSR count). The fourth-order valence-electron chi connectivity index (χ4n) is 7.93. The van der Waals surface area contributed by atoms with Crippen LogP contribution in [-0.4, -0.2) is 46.0 Å². The maximum Gasteiger partial charge on any atom is 0.212 e. The third-order valence-corrected chi connectivity index (χ3v) is 10.5. The number of fused-ring (bicyclic) bond motifs is 3. The summed E-state index contributed by atoms with van der Waals surface area (Å²) in [4.78, 5) is 4.69. The van der Waals surface area contributed by atoms with Gasteiger partial charge >= 0.3 is 0 Å². The minimum Gasteiger partial charge on any atom is -0.463 e. The lowest BCUT2D eigenvalue weighted by molar-refractivity contribution is 0.0570. The van der Waals surface area contributed by atoms with Crippen LogP contribution in [0, 0.1) is 0 Å². The van der Waals surface area contributed by atoms with Gasteiger partial charge in [-0.25, -0.2) is 0 Å². The molecular weight excluding hydrogens is 549 g/mol. The molecule has 3 aromatic carbocycles. The number of anilines is 2. The van der Waals surface area contributed by atoms with E-state index in [0.717, 1.165) is 52.1 Å². The molecule has 0 N–H and O–H groups in total. The van der Waals surface area contributed by atoms with Gasteiger partial charge in [-0.05, 0) is 81.8 Å². The molecule has 0 saturated carbocycles. The predicted molar refractivity (Wildman–Crippen MR) is 176 cm³/mol. The lowest BCUT2D eigenvalue weighted by Crippen LogP contribution is -2.59. The summed E-state index contributed by atoms with van der Waals surface area (Å²) >= 11 is 13.0. The Hall–Kier alpha value is -2.66. The van der Waals surface area contributed by atoms with Crippen molar-refractivity contribution in [1.82, 2.24) is 4.48 Å². The summed E-state index contributed by atoms with van der Waals surface area (Å²) in [5.74, 6) is 0.937. The van der Waals surface area contributed by atoms with Gasteiger partial charge in [0.2, 0.25) is 5.72 Å². The maximum atomic E-state index is 7.22. The summed E-state index contributed by atoms with van der Waals surface area (Å²) in [7, 11) is 4.52. The standard InChI is InChI=1S/C35H42Cl2N3O/c1-9-39(10-2)26-13-14-27-23(21-40(8)22-33(3,4)29-18-25(37)12-16-31(29)40)20-35(41-32(27)19-26)34(5,6)28-17-24(36)11-15-30(28)38(35)7/h11-20H,9-10,21-22H2,1-8H3/q+1. The SMILES string of the molecule is CCN(CC)c1ccc2c(c1)OC1(C=C2C[N+]2(C)CC(C)(C)c3cc(Cl)ccc32)N(C)c2ccc(Cl)cc2C1(C)C. The quantitative estimate of drug-likeness (QED) is 0.276. The lowest BCUT2D eigenvalue weighted by Gasteiger charge is -2.47. The van der Waals surface area contributed by atoms with Gasteiger partial charge in [-0.2, -0.15) is 0 Å². The molecule has 3 aromatic rings. The van der Waals surface area contributed by atoms with Gasteiger partial charge in [0.05, 0.1) is 19.0 Å². The minimum absolute atomic E-state index is 0.0181. The van der Waals surface area contributed by atoms with Gasteiger partial charge in [-0.3, -0.25) is 4.48 Å². The van der Waals surface area contributed by atoms with Crippen LogP contribution in [0.25, 0.3) is 5.57 Å². The fraction of sp³-hybridized carbons (Fsp3) is 0.429. The second-order valence-corrected chi connectivity index (χ2v) is 14.3. The number of rotatable bonds is 5. The van der Waals surface area contributed by atoms with Crippen LogP contribution in [0.2, 0.25) is 10.0 Å². The highest BCUT2D eigenvalue weighted by Gasteiger charge is 2.59. The van der Waals surface area contributed by atoms with Crippen LogP contribution in [0.1, 0.15) is 58.2 Å². The number of halogens is 2. The molecule has 41 heavy (non-hydrogen) atoms. The van der Waals surface area contributed by atoms with Crippen molar-refractivity contribution in [3.8, 4) is 5.75 Å². The number of quaternary nitrogens is 1. The van der Waals surface area contributed by atoms with Crippen LogP contribution in [0.4, 0.5) is 17.1 Å². The molecule has 2 atom stereocenters. The molecule has 0 radical (unpaired) electrons. The Kier molecular flexibility index (Phi) is 6.54. The Morgan fingerprint density at radius 1 is 0.902 bits per heavy atom. The molecule has 0 saturated heterocycles. The molecule has 0 fully saturated rings. The summed E-state index contributed by atoms with van der Waals surface area (Å²) in [6.45, 7) is 17.4. The van der Waals surface area contributed by atoms with E-state index in [1.807, 2.05) is 12.1 Å². The van der Waals surface area contributed by atoms with Crippen molar-refractivity contribution in [2.45, 2.75) is 58.1 Å². The average molecular weight is 592 g/mol. The number of hydrogen-bond acceptors (Lipinski definition) is 3. The first kappa shape index (κ1) is 28.5. The third kappa shape index (κ3) is 4.12. The predicted octanol–water partition coefficient (Wildman–Crippen LogP) is 8.67. The minimum atomic E-state index is -0.707. The molecular formula is C35H42Cl2N3O+. The normalized spacial score (nSPS) is 24.9. The van der Waals surface area contributed by atoms with E-state index in [1.54, 1.807) is 0 Å². The molecule has 3 aliphatic rings. The van der Waals surface area contributed by atoms with Crippen molar-refractivity contribution in [3.63, 3.8) is 0 Å². The fourth-order valence-corrected chi connectivity index (χ4v) is 8.28. The molecule has 4 nitrogen and oxygen atoms in total. The number of hydrogen-bond donors (Lipinski definition) is 0. The number of benzene rings is 3. The van der Waals surface area contributed by atoms with E-state index in [4.69, 9.17) is 27.9 Å². The number of ether oxygens (including phenoxy) is 1. The van der Waals surface area contributed by atoms with Gasteiger partial charge in [0.25, 0.3) is 0 Å². The van der Waals surface area contributed by atoms with Gasteiger partial charge in [0.15, 0.2) is 0 Å². The van der Waals surface area contributed by atoms with E-state index in [0.29, 0.717) is 0 Å². The maximum absolute atomic E-state index is 7.22. The van der Waals surface area contributed by atoms with Crippen LogP contribution in [-0.2, 0) is 10.8 Å². The van der Waals surface area contributed by atoms with Crippen LogP contribution in [0.3, 0.4) is 0 Å². The number of nitrogens with zero attached hydrogens (tertiary/aromatic N) is 3. The lowest BCUT2D eigenvalue weighted by atomic mass is 9.75. The molecule has 216 valence electrons. The summed E-state index contributed by atoms with van der Waals surface area (Å²) in [6.07, 6.45) is 2.41. The molecule has 3 heterocycles. The first-order valence-electron chi connectivity index (χ1n) is 14.8. The van der Waals surface area contributed by atoms with E-state index in [9.17, 15) is 0 Å². The summed E-state index contributed by atoms with van der Waals surface area (Å²) in [5.41, 5.74) is 7.66. The molecule has 2 unspecified atom stereocenters. The van der Waals surface area contributed by atoms with E-state index in [2.05, 4.69) is 114 Å². The third-order valence-electron chi connectivity index (χ3n) is 10.00. The zero-order valence-corrected chi connectivity index (χ0v) is 27.1. The van der Waals surface area contributed by atoms with Gasteiger partial charge in [-0.15, -0.1) is 0 Å². The Bertz CT molecular complexity index is 1570. The zero-order valence-electron chi connectivity index (χ0n) is 25.6. The average Bonchev–Trinajstić information content (AvgIpc) is 3.20. The van der Waals surface area contributed by atoms with E-state index >= 15 is 0 Å². The summed E-state index contributed by atoms with van der Waals surface area (Å²) < 4.78 is 8.03. The Balaban J connectivity index is 1.54. The highest BCUT2D eigenvalue weighted by atomic mass is 35.5.